The van der Waals surface area contributed by atoms with Crippen LogP contribution in [0.1, 0.15) is 30.1 Å². The first kappa shape index (κ1) is 14.3. The van der Waals surface area contributed by atoms with Crippen LogP contribution in [0.4, 0.5) is 11.4 Å². The minimum atomic E-state index is -1.19. The van der Waals surface area contributed by atoms with Gasteiger partial charge in [0.1, 0.15) is 5.69 Å². The molecule has 1 saturated heterocycles. The summed E-state index contributed by atoms with van der Waals surface area (Å²) in [6.07, 6.45) is 1.86. The number of carbonyl (C=O) groups is 1. The standard InChI is InChI=1S/C13H16N2O5/c1-13(5-2-6-20-13)8-14-10-4-3-9(12(16)17)7-11(10)15(18)19/h3-4,7,14H,2,5-6,8H2,1H3,(H,16,17). The highest BCUT2D eigenvalue weighted by molar-refractivity contribution is 5.89. The summed E-state index contributed by atoms with van der Waals surface area (Å²) in [6, 6.07) is 3.82. The van der Waals surface area contributed by atoms with Crippen LogP contribution >= 0.6 is 0 Å². The van der Waals surface area contributed by atoms with Crippen LogP contribution in [0.2, 0.25) is 0 Å². The van der Waals surface area contributed by atoms with Crippen molar-refractivity contribution in [3.63, 3.8) is 0 Å². The van der Waals surface area contributed by atoms with Gasteiger partial charge in [-0.3, -0.25) is 10.1 Å². The van der Waals surface area contributed by atoms with Gasteiger partial charge in [-0.15, -0.1) is 0 Å². The number of carboxylic acid groups (broad SMARTS) is 1. The molecule has 0 radical (unpaired) electrons. The Morgan fingerprint density at radius 1 is 1.60 bits per heavy atom. The van der Waals surface area contributed by atoms with E-state index in [9.17, 15) is 14.9 Å². The number of nitro groups is 1. The van der Waals surface area contributed by atoms with Crippen LogP contribution in [-0.2, 0) is 4.74 Å². The van der Waals surface area contributed by atoms with Gasteiger partial charge in [0.2, 0.25) is 0 Å². The van der Waals surface area contributed by atoms with Crippen molar-refractivity contribution in [1.29, 1.82) is 0 Å². The SMILES string of the molecule is CC1(CNc2ccc(C(=O)O)cc2[N+](=O)[O-])CCCO1. The van der Waals surface area contributed by atoms with Crippen LogP contribution in [0.15, 0.2) is 18.2 Å². The highest BCUT2D eigenvalue weighted by Crippen LogP contribution is 2.29. The number of anilines is 1. The van der Waals surface area contributed by atoms with E-state index in [2.05, 4.69) is 5.32 Å². The average molecular weight is 280 g/mol. The maximum Gasteiger partial charge on any atom is 0.335 e. The summed E-state index contributed by atoms with van der Waals surface area (Å²) < 4.78 is 5.60. The number of ether oxygens (including phenoxy) is 1. The van der Waals surface area contributed by atoms with Gasteiger partial charge in [0, 0.05) is 19.2 Å². The van der Waals surface area contributed by atoms with E-state index in [1.807, 2.05) is 6.92 Å². The number of nitro benzene ring substituents is 1. The molecule has 1 heterocycles. The number of carboxylic acids is 1. The second-order valence-electron chi connectivity index (χ2n) is 5.05. The molecule has 1 fully saturated rings. The minimum Gasteiger partial charge on any atom is -0.478 e. The number of hydrogen-bond acceptors (Lipinski definition) is 5. The van der Waals surface area contributed by atoms with Gasteiger partial charge in [-0.2, -0.15) is 0 Å². The molecule has 108 valence electrons. The smallest absolute Gasteiger partial charge is 0.335 e. The summed E-state index contributed by atoms with van der Waals surface area (Å²) in [7, 11) is 0. The van der Waals surface area contributed by atoms with Gasteiger partial charge in [0.05, 0.1) is 16.1 Å². The Hall–Kier alpha value is -2.15. The van der Waals surface area contributed by atoms with E-state index < -0.39 is 10.9 Å². The summed E-state index contributed by atoms with van der Waals surface area (Å²) in [4.78, 5) is 21.3. The largest absolute Gasteiger partial charge is 0.478 e. The van der Waals surface area contributed by atoms with Crippen molar-refractivity contribution in [3.8, 4) is 0 Å². The monoisotopic (exact) mass is 280 g/mol. The number of hydrogen-bond donors (Lipinski definition) is 2. The molecule has 0 aliphatic carbocycles. The summed E-state index contributed by atoms with van der Waals surface area (Å²) in [5.74, 6) is -1.19. The lowest BCUT2D eigenvalue weighted by Gasteiger charge is -2.23. The Labute approximate surface area is 115 Å². The van der Waals surface area contributed by atoms with Crippen molar-refractivity contribution in [1.82, 2.24) is 0 Å². The van der Waals surface area contributed by atoms with E-state index in [1.54, 1.807) is 0 Å². The maximum atomic E-state index is 11.0. The van der Waals surface area contributed by atoms with Gasteiger partial charge in [-0.1, -0.05) is 0 Å². The Morgan fingerprint density at radius 3 is 2.90 bits per heavy atom. The van der Waals surface area contributed by atoms with Crippen LogP contribution in [0.25, 0.3) is 0 Å². The third-order valence-electron chi connectivity index (χ3n) is 3.39. The fourth-order valence-corrected chi connectivity index (χ4v) is 2.22. The summed E-state index contributed by atoms with van der Waals surface area (Å²) in [5.41, 5.74) is -0.381. The first-order valence-corrected chi connectivity index (χ1v) is 6.31. The molecule has 0 spiro atoms. The van der Waals surface area contributed by atoms with E-state index in [1.165, 1.54) is 12.1 Å². The van der Waals surface area contributed by atoms with Crippen LogP contribution in [0, 0.1) is 10.1 Å². The number of nitrogens with one attached hydrogen (secondary N) is 1. The van der Waals surface area contributed by atoms with Crippen LogP contribution in [0.3, 0.4) is 0 Å². The van der Waals surface area contributed by atoms with Crippen molar-refractivity contribution < 1.29 is 19.6 Å². The lowest BCUT2D eigenvalue weighted by Crippen LogP contribution is -2.32. The third kappa shape index (κ3) is 3.05. The Kier molecular flexibility index (Phi) is 3.89. The van der Waals surface area contributed by atoms with Gasteiger partial charge < -0.3 is 15.2 Å². The highest BCUT2D eigenvalue weighted by atomic mass is 16.6. The predicted octanol–water partition coefficient (Wildman–Crippen LogP) is 2.27. The summed E-state index contributed by atoms with van der Waals surface area (Å²) >= 11 is 0. The van der Waals surface area contributed by atoms with E-state index in [4.69, 9.17) is 9.84 Å². The van der Waals surface area contributed by atoms with Crippen molar-refractivity contribution in [2.24, 2.45) is 0 Å². The molecule has 2 rings (SSSR count). The fraction of sp³-hybridized carbons (Fsp3) is 0.462. The van der Waals surface area contributed by atoms with E-state index in [0.29, 0.717) is 18.8 Å². The summed E-state index contributed by atoms with van der Waals surface area (Å²) in [6.45, 7) is 3.09. The summed E-state index contributed by atoms with van der Waals surface area (Å²) in [5, 5.41) is 22.9. The van der Waals surface area contributed by atoms with Gasteiger partial charge in [0.15, 0.2) is 0 Å². The molecular weight excluding hydrogens is 264 g/mol. The lowest BCUT2D eigenvalue weighted by molar-refractivity contribution is -0.384. The second-order valence-corrected chi connectivity index (χ2v) is 5.05. The van der Waals surface area contributed by atoms with Crippen molar-refractivity contribution in [3.05, 3.63) is 33.9 Å². The Morgan fingerprint density at radius 2 is 2.35 bits per heavy atom. The van der Waals surface area contributed by atoms with E-state index in [0.717, 1.165) is 18.9 Å². The lowest BCUT2D eigenvalue weighted by atomic mass is 10.0. The van der Waals surface area contributed by atoms with Gasteiger partial charge >= 0.3 is 5.97 Å². The van der Waals surface area contributed by atoms with Gasteiger partial charge in [-0.25, -0.2) is 4.79 Å². The molecule has 1 aliphatic rings. The number of aromatic carboxylic acids is 1. The Bertz CT molecular complexity index is 538. The molecule has 7 nitrogen and oxygen atoms in total. The topological polar surface area (TPSA) is 102 Å². The molecule has 2 N–H and O–H groups in total. The number of benzene rings is 1. The van der Waals surface area contributed by atoms with Gasteiger partial charge in [0.25, 0.3) is 5.69 Å². The predicted molar refractivity (Wildman–Crippen MR) is 72.1 cm³/mol. The molecule has 1 aliphatic heterocycles. The van der Waals surface area contributed by atoms with Crippen LogP contribution in [0.5, 0.6) is 0 Å². The zero-order valence-electron chi connectivity index (χ0n) is 11.1. The zero-order chi connectivity index (χ0) is 14.8. The van der Waals surface area contributed by atoms with Crippen molar-refractivity contribution >= 4 is 17.3 Å². The first-order valence-electron chi connectivity index (χ1n) is 6.31. The minimum absolute atomic E-state index is 0.106. The first-order chi connectivity index (χ1) is 9.41. The molecule has 1 unspecified atom stereocenters. The van der Waals surface area contributed by atoms with Crippen molar-refractivity contribution in [2.45, 2.75) is 25.4 Å². The molecule has 0 amide bonds. The molecule has 7 heteroatoms. The van der Waals surface area contributed by atoms with E-state index >= 15 is 0 Å². The maximum absolute atomic E-state index is 11.0. The average Bonchev–Trinajstić information content (AvgIpc) is 2.83. The zero-order valence-corrected chi connectivity index (χ0v) is 11.1. The molecule has 0 saturated carbocycles. The molecule has 0 aromatic heterocycles. The molecular formula is C13H16N2O5. The molecule has 20 heavy (non-hydrogen) atoms. The molecule has 1 atom stereocenters. The highest BCUT2D eigenvalue weighted by Gasteiger charge is 2.30. The fourth-order valence-electron chi connectivity index (χ4n) is 2.22. The Balaban J connectivity index is 2.18. The molecule has 1 aromatic carbocycles. The van der Waals surface area contributed by atoms with Crippen LogP contribution < -0.4 is 5.32 Å². The third-order valence-corrected chi connectivity index (χ3v) is 3.39. The molecule has 1 aromatic rings. The molecule has 0 bridgehead atoms. The normalized spacial score (nSPS) is 21.6. The van der Waals surface area contributed by atoms with Crippen molar-refractivity contribution in [2.75, 3.05) is 18.5 Å². The number of nitrogens with zero attached hydrogens (tertiary/aromatic N) is 1. The van der Waals surface area contributed by atoms with Crippen LogP contribution in [-0.4, -0.2) is 34.8 Å². The second kappa shape index (κ2) is 5.46. The van der Waals surface area contributed by atoms with E-state index in [-0.39, 0.29) is 16.9 Å². The quantitative estimate of drug-likeness (QED) is 0.633. The van der Waals surface area contributed by atoms with Gasteiger partial charge in [-0.05, 0) is 31.9 Å². The number of rotatable bonds is 5.